The molecule has 1 heterocycles. The van der Waals surface area contributed by atoms with Crippen LogP contribution in [0.25, 0.3) is 0 Å². The van der Waals surface area contributed by atoms with E-state index in [0.29, 0.717) is 12.2 Å². The second-order valence-corrected chi connectivity index (χ2v) is 6.62. The van der Waals surface area contributed by atoms with Gasteiger partial charge in [-0.25, -0.2) is 4.39 Å². The molecule has 2 rings (SSSR count). The van der Waals surface area contributed by atoms with Crippen LogP contribution in [-0.2, 0) is 19.1 Å². The number of halogens is 2. The molecule has 0 saturated carbocycles. The zero-order valence-corrected chi connectivity index (χ0v) is 12.4. The molecule has 1 aliphatic rings. The van der Waals surface area contributed by atoms with Crippen LogP contribution >= 0.6 is 15.9 Å². The normalized spacial score (nSPS) is 20.1. The minimum absolute atomic E-state index is 0.241. The molecule has 0 spiro atoms. The smallest absolute Gasteiger partial charge is 0.265 e. The van der Waals surface area contributed by atoms with Crippen LogP contribution in [0.2, 0.25) is 0 Å². The quantitative estimate of drug-likeness (QED) is 0.777. The van der Waals surface area contributed by atoms with Crippen molar-refractivity contribution < 1.29 is 21.8 Å². The van der Waals surface area contributed by atoms with Gasteiger partial charge in [0, 0.05) is 18.7 Å². The number of nitrogens with zero attached hydrogens (tertiary/aromatic N) is 1. The molecule has 0 N–H and O–H groups in total. The molecule has 0 bridgehead atoms. The van der Waals surface area contributed by atoms with Crippen molar-refractivity contribution in [3.8, 4) is 0 Å². The predicted molar refractivity (Wildman–Crippen MR) is 70.8 cm³/mol. The van der Waals surface area contributed by atoms with E-state index in [-0.39, 0.29) is 10.9 Å². The summed E-state index contributed by atoms with van der Waals surface area (Å²) in [6.07, 6.45) is 0.178. The molecule has 0 radical (unpaired) electrons. The Bertz CT molecular complexity index is 619. The van der Waals surface area contributed by atoms with E-state index in [1.165, 1.54) is 23.1 Å². The molecule has 104 valence electrons. The minimum atomic E-state index is -3.68. The summed E-state index contributed by atoms with van der Waals surface area (Å²) in [4.78, 5) is 13.4. The first kappa shape index (κ1) is 14.4. The van der Waals surface area contributed by atoms with Crippen LogP contribution in [-0.4, -0.2) is 33.2 Å². The molecule has 1 aromatic carbocycles. The standard InChI is InChI=1S/C11H11BrFNO4S/c1-19(16,17)18-10-4-5-14(11(10)15)7-2-3-9(13)8(12)6-7/h2-3,6,10H,4-5H2,1H3. The molecular formula is C11H11BrFNO4S. The second-order valence-electron chi connectivity index (χ2n) is 4.17. The summed E-state index contributed by atoms with van der Waals surface area (Å²) in [6.45, 7) is 0.330. The first-order valence-corrected chi connectivity index (χ1v) is 8.03. The Balaban J connectivity index is 2.20. The average molecular weight is 352 g/mol. The van der Waals surface area contributed by atoms with Gasteiger partial charge in [-0.05, 0) is 34.1 Å². The van der Waals surface area contributed by atoms with Gasteiger partial charge < -0.3 is 4.90 Å². The summed E-state index contributed by atoms with van der Waals surface area (Å²) in [5, 5.41) is 0. The van der Waals surface area contributed by atoms with Crippen molar-refractivity contribution in [2.45, 2.75) is 12.5 Å². The molecule has 1 fully saturated rings. The van der Waals surface area contributed by atoms with Crippen LogP contribution in [0.3, 0.4) is 0 Å². The van der Waals surface area contributed by atoms with Crippen LogP contribution in [0.1, 0.15) is 6.42 Å². The highest BCUT2D eigenvalue weighted by Crippen LogP contribution is 2.27. The number of benzene rings is 1. The van der Waals surface area contributed by atoms with Gasteiger partial charge in [-0.2, -0.15) is 8.42 Å². The Hall–Kier alpha value is -0.990. The largest absolute Gasteiger partial charge is 0.310 e. The van der Waals surface area contributed by atoms with E-state index in [1.807, 2.05) is 0 Å². The lowest BCUT2D eigenvalue weighted by atomic mass is 10.3. The predicted octanol–water partition coefficient (Wildman–Crippen LogP) is 1.67. The number of amides is 1. The summed E-state index contributed by atoms with van der Waals surface area (Å²) in [5.74, 6) is -0.872. The van der Waals surface area contributed by atoms with E-state index in [4.69, 9.17) is 4.18 Å². The van der Waals surface area contributed by atoms with Crippen LogP contribution in [0, 0.1) is 5.82 Å². The Morgan fingerprint density at radius 3 is 2.74 bits per heavy atom. The van der Waals surface area contributed by atoms with Crippen LogP contribution in [0.5, 0.6) is 0 Å². The third kappa shape index (κ3) is 3.31. The molecule has 8 heteroatoms. The zero-order valence-electron chi connectivity index (χ0n) is 9.97. The van der Waals surface area contributed by atoms with Crippen molar-refractivity contribution in [2.75, 3.05) is 17.7 Å². The SMILES string of the molecule is CS(=O)(=O)OC1CCN(c2ccc(F)c(Br)c2)C1=O. The number of anilines is 1. The monoisotopic (exact) mass is 351 g/mol. The summed E-state index contributed by atoms with van der Waals surface area (Å²) < 4.78 is 40.1. The lowest BCUT2D eigenvalue weighted by Gasteiger charge is -2.17. The van der Waals surface area contributed by atoms with Gasteiger partial charge in [0.05, 0.1) is 10.7 Å². The maximum atomic E-state index is 13.1. The zero-order chi connectivity index (χ0) is 14.2. The molecule has 5 nitrogen and oxygen atoms in total. The Morgan fingerprint density at radius 2 is 2.16 bits per heavy atom. The molecule has 1 saturated heterocycles. The lowest BCUT2D eigenvalue weighted by molar-refractivity contribution is -0.122. The summed E-state index contributed by atoms with van der Waals surface area (Å²) in [5.41, 5.74) is 0.498. The van der Waals surface area contributed by atoms with Crippen molar-refractivity contribution in [2.24, 2.45) is 0 Å². The van der Waals surface area contributed by atoms with Crippen molar-refractivity contribution >= 4 is 37.6 Å². The highest BCUT2D eigenvalue weighted by molar-refractivity contribution is 9.10. The number of hydrogen-bond donors (Lipinski definition) is 0. The van der Waals surface area contributed by atoms with Gasteiger partial charge in [0.15, 0.2) is 6.10 Å². The molecule has 1 aromatic rings. The fraction of sp³-hybridized carbons (Fsp3) is 0.364. The van der Waals surface area contributed by atoms with Gasteiger partial charge in [-0.1, -0.05) is 0 Å². The maximum absolute atomic E-state index is 13.1. The third-order valence-electron chi connectivity index (χ3n) is 2.66. The molecule has 19 heavy (non-hydrogen) atoms. The van der Waals surface area contributed by atoms with Crippen LogP contribution in [0.15, 0.2) is 22.7 Å². The van der Waals surface area contributed by atoms with Crippen molar-refractivity contribution in [3.63, 3.8) is 0 Å². The van der Waals surface area contributed by atoms with E-state index in [0.717, 1.165) is 6.26 Å². The third-order valence-corrected chi connectivity index (χ3v) is 3.85. The highest BCUT2D eigenvalue weighted by Gasteiger charge is 2.35. The first-order chi connectivity index (χ1) is 8.78. The van der Waals surface area contributed by atoms with Crippen molar-refractivity contribution in [1.82, 2.24) is 0 Å². The fourth-order valence-corrected chi connectivity index (χ4v) is 2.83. The van der Waals surface area contributed by atoms with E-state index >= 15 is 0 Å². The number of carbonyl (C=O) groups excluding carboxylic acids is 1. The number of hydrogen-bond acceptors (Lipinski definition) is 4. The van der Waals surface area contributed by atoms with Crippen LogP contribution in [0.4, 0.5) is 10.1 Å². The summed E-state index contributed by atoms with van der Waals surface area (Å²) in [6, 6.07) is 4.16. The summed E-state index contributed by atoms with van der Waals surface area (Å²) >= 11 is 3.04. The lowest BCUT2D eigenvalue weighted by Crippen LogP contribution is -2.31. The Labute approximate surface area is 118 Å². The Kier molecular flexibility index (Phi) is 3.93. The van der Waals surface area contributed by atoms with Gasteiger partial charge >= 0.3 is 0 Å². The molecular weight excluding hydrogens is 341 g/mol. The van der Waals surface area contributed by atoms with E-state index in [1.54, 1.807) is 0 Å². The average Bonchev–Trinajstić information content (AvgIpc) is 2.63. The van der Waals surface area contributed by atoms with E-state index in [2.05, 4.69) is 15.9 Å². The second kappa shape index (κ2) is 5.18. The number of rotatable bonds is 3. The first-order valence-electron chi connectivity index (χ1n) is 5.42. The van der Waals surface area contributed by atoms with Gasteiger partial charge in [0.2, 0.25) is 0 Å². The van der Waals surface area contributed by atoms with Crippen molar-refractivity contribution in [3.05, 3.63) is 28.5 Å². The highest BCUT2D eigenvalue weighted by atomic mass is 79.9. The maximum Gasteiger partial charge on any atom is 0.265 e. The van der Waals surface area contributed by atoms with Gasteiger partial charge in [-0.3, -0.25) is 8.98 Å². The molecule has 1 atom stereocenters. The Morgan fingerprint density at radius 1 is 1.47 bits per heavy atom. The van der Waals surface area contributed by atoms with Gasteiger partial charge in [0.25, 0.3) is 16.0 Å². The molecule has 1 amide bonds. The minimum Gasteiger partial charge on any atom is -0.310 e. The van der Waals surface area contributed by atoms with E-state index < -0.39 is 27.9 Å². The summed E-state index contributed by atoms with van der Waals surface area (Å²) in [7, 11) is -3.68. The topological polar surface area (TPSA) is 63.7 Å². The fourth-order valence-electron chi connectivity index (χ4n) is 1.86. The molecule has 0 aromatic heterocycles. The number of carbonyl (C=O) groups is 1. The molecule has 1 aliphatic heterocycles. The van der Waals surface area contributed by atoms with Gasteiger partial charge in [-0.15, -0.1) is 0 Å². The van der Waals surface area contributed by atoms with Crippen LogP contribution < -0.4 is 4.90 Å². The van der Waals surface area contributed by atoms with Gasteiger partial charge in [0.1, 0.15) is 5.82 Å². The molecule has 1 unspecified atom stereocenters. The molecule has 0 aliphatic carbocycles. The van der Waals surface area contributed by atoms with Crippen molar-refractivity contribution in [1.29, 1.82) is 0 Å². The van der Waals surface area contributed by atoms with E-state index in [9.17, 15) is 17.6 Å².